The van der Waals surface area contributed by atoms with E-state index in [0.717, 1.165) is 17.8 Å². The van der Waals surface area contributed by atoms with Gasteiger partial charge in [0.15, 0.2) is 0 Å². The number of nitrogen functional groups attached to an aromatic ring is 1. The third-order valence-corrected chi connectivity index (χ3v) is 4.95. The van der Waals surface area contributed by atoms with Gasteiger partial charge in [-0.15, -0.1) is 0 Å². The van der Waals surface area contributed by atoms with Crippen LogP contribution >= 0.6 is 0 Å². The summed E-state index contributed by atoms with van der Waals surface area (Å²) in [4.78, 5) is 2.61. The zero-order chi connectivity index (χ0) is 13.4. The van der Waals surface area contributed by atoms with Crippen molar-refractivity contribution in [2.24, 2.45) is 0 Å². The average molecular weight is 259 g/mol. The molecule has 1 aromatic rings. The number of benzene rings is 1. The van der Waals surface area contributed by atoms with Gasteiger partial charge in [0, 0.05) is 29.5 Å². The molecular weight excluding hydrogens is 234 g/mol. The quantitative estimate of drug-likeness (QED) is 0.802. The summed E-state index contributed by atoms with van der Waals surface area (Å²) in [5.41, 5.74) is 9.17. The molecule has 3 nitrogen and oxygen atoms in total. The minimum atomic E-state index is 0.619. The van der Waals surface area contributed by atoms with E-state index in [9.17, 15) is 0 Å². The predicted octanol–water partition coefficient (Wildman–Crippen LogP) is 3.00. The van der Waals surface area contributed by atoms with Crippen LogP contribution in [0.4, 0.5) is 11.4 Å². The summed E-state index contributed by atoms with van der Waals surface area (Å²) in [5.74, 6) is 0. The molecule has 0 aliphatic carbocycles. The summed E-state index contributed by atoms with van der Waals surface area (Å²) in [5, 5.41) is 3.74. The molecule has 0 saturated carbocycles. The van der Waals surface area contributed by atoms with Gasteiger partial charge in [0.05, 0.1) is 0 Å². The van der Waals surface area contributed by atoms with Gasteiger partial charge in [-0.25, -0.2) is 0 Å². The number of fused-ring (bicyclic) bond motifs is 2. The summed E-state index contributed by atoms with van der Waals surface area (Å²) >= 11 is 0. The molecule has 19 heavy (non-hydrogen) atoms. The van der Waals surface area contributed by atoms with E-state index in [-0.39, 0.29) is 0 Å². The van der Waals surface area contributed by atoms with Gasteiger partial charge >= 0.3 is 0 Å². The maximum atomic E-state index is 5.82. The van der Waals surface area contributed by atoms with Crippen molar-refractivity contribution in [3.05, 3.63) is 23.8 Å². The Labute approximate surface area is 116 Å². The Hall–Kier alpha value is -1.22. The second-order valence-electron chi connectivity index (χ2n) is 6.29. The molecule has 2 bridgehead atoms. The first kappa shape index (κ1) is 12.8. The molecule has 3 N–H and O–H groups in total. The average Bonchev–Trinajstić information content (AvgIpc) is 2.34. The molecule has 3 heteroatoms. The standard InChI is InChI=1S/C16H25N3/c1-11-8-12(17)6-7-16(11)18-13-9-14-4-3-5-15(10-13)19(14)2/h6-8,13-15,18H,3-5,9-10,17H2,1-2H3. The lowest BCUT2D eigenvalue weighted by atomic mass is 9.82. The van der Waals surface area contributed by atoms with Crippen LogP contribution in [-0.2, 0) is 0 Å². The van der Waals surface area contributed by atoms with Gasteiger partial charge in [-0.1, -0.05) is 6.42 Å². The number of hydrogen-bond acceptors (Lipinski definition) is 3. The first-order chi connectivity index (χ1) is 9.13. The molecule has 2 heterocycles. The molecule has 2 aliphatic rings. The van der Waals surface area contributed by atoms with Crippen LogP contribution in [0.1, 0.15) is 37.7 Å². The van der Waals surface area contributed by atoms with Crippen molar-refractivity contribution in [2.45, 2.75) is 57.2 Å². The molecule has 104 valence electrons. The lowest BCUT2D eigenvalue weighted by molar-refractivity contribution is 0.0608. The Bertz CT molecular complexity index is 443. The topological polar surface area (TPSA) is 41.3 Å². The fourth-order valence-corrected chi connectivity index (χ4v) is 3.80. The maximum Gasteiger partial charge on any atom is 0.0373 e. The third kappa shape index (κ3) is 2.57. The van der Waals surface area contributed by atoms with Gasteiger partial charge in [-0.3, -0.25) is 0 Å². The van der Waals surface area contributed by atoms with Crippen molar-refractivity contribution in [1.82, 2.24) is 4.90 Å². The molecule has 2 saturated heterocycles. The summed E-state index contributed by atoms with van der Waals surface area (Å²) in [6.07, 6.45) is 6.69. The fraction of sp³-hybridized carbons (Fsp3) is 0.625. The summed E-state index contributed by atoms with van der Waals surface area (Å²) in [6, 6.07) is 8.34. The van der Waals surface area contributed by atoms with Gasteiger partial charge in [-0.2, -0.15) is 0 Å². The summed E-state index contributed by atoms with van der Waals surface area (Å²) in [7, 11) is 2.30. The minimum absolute atomic E-state index is 0.619. The number of hydrogen-bond donors (Lipinski definition) is 2. The summed E-state index contributed by atoms with van der Waals surface area (Å²) < 4.78 is 0. The Morgan fingerprint density at radius 2 is 1.89 bits per heavy atom. The molecule has 2 aliphatic heterocycles. The molecule has 0 spiro atoms. The van der Waals surface area contributed by atoms with E-state index >= 15 is 0 Å². The monoisotopic (exact) mass is 259 g/mol. The van der Waals surface area contributed by atoms with Crippen LogP contribution in [0.15, 0.2) is 18.2 Å². The zero-order valence-corrected chi connectivity index (χ0v) is 12.0. The van der Waals surface area contributed by atoms with Crippen molar-refractivity contribution in [2.75, 3.05) is 18.1 Å². The lowest BCUT2D eigenvalue weighted by Gasteiger charge is -2.47. The first-order valence-corrected chi connectivity index (χ1v) is 7.48. The van der Waals surface area contributed by atoms with Crippen molar-refractivity contribution in [3.63, 3.8) is 0 Å². The number of nitrogens with zero attached hydrogens (tertiary/aromatic N) is 1. The highest BCUT2D eigenvalue weighted by Crippen LogP contribution is 2.34. The van der Waals surface area contributed by atoms with Crippen LogP contribution < -0.4 is 11.1 Å². The van der Waals surface area contributed by atoms with Gasteiger partial charge in [0.1, 0.15) is 0 Å². The SMILES string of the molecule is Cc1cc(N)ccc1NC1CC2CCCC(C1)N2C. The maximum absolute atomic E-state index is 5.82. The molecule has 2 atom stereocenters. The normalized spacial score (nSPS) is 31.2. The van der Waals surface area contributed by atoms with E-state index in [0.29, 0.717) is 6.04 Å². The number of nitrogens with one attached hydrogen (secondary N) is 1. The highest BCUT2D eigenvalue weighted by molar-refractivity contribution is 5.58. The molecule has 2 unspecified atom stereocenters. The minimum Gasteiger partial charge on any atom is -0.399 e. The Morgan fingerprint density at radius 1 is 1.21 bits per heavy atom. The largest absolute Gasteiger partial charge is 0.399 e. The third-order valence-electron chi connectivity index (χ3n) is 4.95. The molecule has 0 radical (unpaired) electrons. The molecule has 0 amide bonds. The van der Waals surface area contributed by atoms with E-state index in [1.54, 1.807) is 0 Å². The number of nitrogens with two attached hydrogens (primary N) is 1. The van der Waals surface area contributed by atoms with Crippen molar-refractivity contribution in [3.8, 4) is 0 Å². The molecule has 0 aromatic heterocycles. The molecular formula is C16H25N3. The highest BCUT2D eigenvalue weighted by atomic mass is 15.2. The van der Waals surface area contributed by atoms with Crippen LogP contribution in [0.5, 0.6) is 0 Å². The van der Waals surface area contributed by atoms with Crippen LogP contribution in [0, 0.1) is 6.92 Å². The van der Waals surface area contributed by atoms with E-state index in [1.165, 1.54) is 43.4 Å². The second-order valence-corrected chi connectivity index (χ2v) is 6.29. The molecule has 2 fully saturated rings. The number of aryl methyl sites for hydroxylation is 1. The zero-order valence-electron chi connectivity index (χ0n) is 12.0. The number of anilines is 2. The van der Waals surface area contributed by atoms with Crippen molar-refractivity contribution < 1.29 is 0 Å². The van der Waals surface area contributed by atoms with Crippen LogP contribution in [0.3, 0.4) is 0 Å². The Kier molecular flexibility index (Phi) is 3.40. The van der Waals surface area contributed by atoms with Gasteiger partial charge in [0.25, 0.3) is 0 Å². The fourth-order valence-electron chi connectivity index (χ4n) is 3.80. The molecule has 1 aromatic carbocycles. The molecule has 3 rings (SSSR count). The predicted molar refractivity (Wildman–Crippen MR) is 81.4 cm³/mol. The van der Waals surface area contributed by atoms with Gasteiger partial charge in [-0.05, 0) is 63.4 Å². The van der Waals surface area contributed by atoms with Crippen molar-refractivity contribution >= 4 is 11.4 Å². The number of piperidine rings is 2. The number of rotatable bonds is 2. The van der Waals surface area contributed by atoms with E-state index in [1.807, 2.05) is 6.07 Å². The van der Waals surface area contributed by atoms with Crippen LogP contribution in [0.2, 0.25) is 0 Å². The smallest absolute Gasteiger partial charge is 0.0373 e. The lowest BCUT2D eigenvalue weighted by Crippen LogP contribution is -2.52. The van der Waals surface area contributed by atoms with E-state index in [4.69, 9.17) is 5.73 Å². The van der Waals surface area contributed by atoms with Gasteiger partial charge in [0.2, 0.25) is 0 Å². The van der Waals surface area contributed by atoms with Crippen LogP contribution in [-0.4, -0.2) is 30.1 Å². The Balaban J connectivity index is 1.70. The van der Waals surface area contributed by atoms with E-state index < -0.39 is 0 Å². The first-order valence-electron chi connectivity index (χ1n) is 7.48. The highest BCUT2D eigenvalue weighted by Gasteiger charge is 2.35. The van der Waals surface area contributed by atoms with E-state index in [2.05, 4.69) is 36.3 Å². The van der Waals surface area contributed by atoms with Gasteiger partial charge < -0.3 is 16.0 Å². The van der Waals surface area contributed by atoms with Crippen molar-refractivity contribution in [1.29, 1.82) is 0 Å². The second kappa shape index (κ2) is 5.04. The summed E-state index contributed by atoms with van der Waals surface area (Å²) in [6.45, 7) is 2.13. The van der Waals surface area contributed by atoms with Crippen LogP contribution in [0.25, 0.3) is 0 Å². The Morgan fingerprint density at radius 3 is 2.53 bits per heavy atom.